The maximum absolute atomic E-state index is 13.1. The zero-order valence-electron chi connectivity index (χ0n) is 20.0. The van der Waals surface area contributed by atoms with Gasteiger partial charge in [-0.2, -0.15) is 0 Å². The number of nitrogens with zero attached hydrogens (tertiary/aromatic N) is 2. The van der Waals surface area contributed by atoms with Gasteiger partial charge < -0.3 is 19.5 Å². The van der Waals surface area contributed by atoms with E-state index in [0.29, 0.717) is 12.1 Å². The van der Waals surface area contributed by atoms with Gasteiger partial charge >= 0.3 is 0 Å². The Morgan fingerprint density at radius 1 is 1.21 bits per heavy atom. The molecule has 2 aliphatic heterocycles. The molecule has 2 saturated heterocycles. The second-order valence-electron chi connectivity index (χ2n) is 8.96. The van der Waals surface area contributed by atoms with Crippen molar-refractivity contribution >= 4 is 28.8 Å². The van der Waals surface area contributed by atoms with Gasteiger partial charge in [0.25, 0.3) is 11.7 Å². The highest BCUT2D eigenvalue weighted by Crippen LogP contribution is 2.41. The summed E-state index contributed by atoms with van der Waals surface area (Å²) in [6.45, 7) is 10.3. The molecule has 2 aliphatic rings. The third-order valence-electron chi connectivity index (χ3n) is 6.14. The minimum absolute atomic E-state index is 0.0276. The Labute approximate surface area is 204 Å². The molecule has 182 valence electrons. The number of hydrogen-bond donors (Lipinski definition) is 1. The molecule has 0 bridgehead atoms. The quantitative estimate of drug-likeness (QED) is 0.347. The predicted octanol–water partition coefficient (Wildman–Crippen LogP) is 3.99. The SMILES string of the molecule is Cc1cc(C(O)=C2C(=O)C(=O)N(CCCN3CCOCC3)[C@@H]2c2cccs2)ccc1OC(C)C. The molecule has 0 unspecified atom stereocenters. The lowest BCUT2D eigenvalue weighted by atomic mass is 9.98. The highest BCUT2D eigenvalue weighted by Gasteiger charge is 2.46. The van der Waals surface area contributed by atoms with Gasteiger partial charge in [-0.25, -0.2) is 0 Å². The molecule has 0 spiro atoms. The van der Waals surface area contributed by atoms with Crippen LogP contribution in [0.15, 0.2) is 41.3 Å². The lowest BCUT2D eigenvalue weighted by Gasteiger charge is -2.28. The molecule has 8 heteroatoms. The van der Waals surface area contributed by atoms with Crippen molar-refractivity contribution in [2.75, 3.05) is 39.4 Å². The smallest absolute Gasteiger partial charge is 0.295 e. The number of ketones is 1. The third-order valence-corrected chi connectivity index (χ3v) is 7.07. The van der Waals surface area contributed by atoms with E-state index in [1.807, 2.05) is 38.3 Å². The summed E-state index contributed by atoms with van der Waals surface area (Å²) in [5, 5.41) is 13.2. The molecule has 7 nitrogen and oxygen atoms in total. The number of aliphatic hydroxyl groups excluding tert-OH is 1. The first-order valence-corrected chi connectivity index (χ1v) is 12.6. The summed E-state index contributed by atoms with van der Waals surface area (Å²) < 4.78 is 11.2. The Morgan fingerprint density at radius 2 is 1.97 bits per heavy atom. The van der Waals surface area contributed by atoms with Gasteiger partial charge in [-0.3, -0.25) is 14.5 Å². The average Bonchev–Trinajstić information content (AvgIpc) is 3.43. The molecule has 0 radical (unpaired) electrons. The molecule has 1 amide bonds. The Bertz CT molecular complexity index is 1060. The molecular weight excluding hydrogens is 452 g/mol. The van der Waals surface area contributed by atoms with E-state index in [-0.39, 0.29) is 17.4 Å². The van der Waals surface area contributed by atoms with Crippen molar-refractivity contribution < 1.29 is 24.2 Å². The van der Waals surface area contributed by atoms with Crippen LogP contribution < -0.4 is 4.74 Å². The normalized spacial score (nSPS) is 20.9. The molecule has 4 rings (SSSR count). The fraction of sp³-hybridized carbons (Fsp3) is 0.462. The molecular formula is C26H32N2O5S. The number of carbonyl (C=O) groups is 2. The van der Waals surface area contributed by atoms with Gasteiger partial charge in [0.15, 0.2) is 0 Å². The summed E-state index contributed by atoms with van der Waals surface area (Å²) in [4.78, 5) is 31.0. The van der Waals surface area contributed by atoms with E-state index in [4.69, 9.17) is 9.47 Å². The summed E-state index contributed by atoms with van der Waals surface area (Å²) in [6.07, 6.45) is 0.773. The zero-order valence-corrected chi connectivity index (χ0v) is 20.8. The van der Waals surface area contributed by atoms with E-state index in [0.717, 1.165) is 55.5 Å². The molecule has 0 saturated carbocycles. The van der Waals surface area contributed by atoms with E-state index in [1.54, 1.807) is 23.1 Å². The largest absolute Gasteiger partial charge is 0.507 e. The molecule has 1 N–H and O–H groups in total. The highest BCUT2D eigenvalue weighted by atomic mass is 32.1. The third kappa shape index (κ3) is 5.19. The average molecular weight is 485 g/mol. The van der Waals surface area contributed by atoms with Crippen molar-refractivity contribution in [3.63, 3.8) is 0 Å². The summed E-state index contributed by atoms with van der Waals surface area (Å²) in [6, 6.07) is 8.55. The number of hydrogen-bond acceptors (Lipinski definition) is 7. The van der Waals surface area contributed by atoms with E-state index < -0.39 is 17.7 Å². The highest BCUT2D eigenvalue weighted by molar-refractivity contribution is 7.10. The van der Waals surface area contributed by atoms with Crippen LogP contribution in [0.3, 0.4) is 0 Å². The minimum Gasteiger partial charge on any atom is -0.507 e. The van der Waals surface area contributed by atoms with Crippen LogP contribution in [0.2, 0.25) is 0 Å². The summed E-state index contributed by atoms with van der Waals surface area (Å²) in [5.41, 5.74) is 1.50. The van der Waals surface area contributed by atoms with Crippen LogP contribution in [0.25, 0.3) is 5.76 Å². The van der Waals surface area contributed by atoms with Gasteiger partial charge in [-0.15, -0.1) is 11.3 Å². The van der Waals surface area contributed by atoms with Crippen molar-refractivity contribution in [2.45, 2.75) is 39.3 Å². The fourth-order valence-corrected chi connectivity index (χ4v) is 5.33. The number of aryl methyl sites for hydroxylation is 1. The van der Waals surface area contributed by atoms with Crippen molar-refractivity contribution in [3.05, 3.63) is 57.3 Å². The lowest BCUT2D eigenvalue weighted by Crippen LogP contribution is -2.38. The topological polar surface area (TPSA) is 79.3 Å². The van der Waals surface area contributed by atoms with Crippen LogP contribution in [0.4, 0.5) is 0 Å². The number of aliphatic hydroxyl groups is 1. The van der Waals surface area contributed by atoms with Crippen LogP contribution in [0.5, 0.6) is 5.75 Å². The van der Waals surface area contributed by atoms with Crippen LogP contribution in [-0.2, 0) is 14.3 Å². The maximum atomic E-state index is 13.1. The number of benzene rings is 1. The predicted molar refractivity (Wildman–Crippen MR) is 132 cm³/mol. The Balaban J connectivity index is 1.62. The number of thiophene rings is 1. The standard InChI is InChI=1S/C26H32N2O5S/c1-17(2)33-20-8-7-19(16-18(20)3)24(29)22-23(21-6-4-15-34-21)28(26(31)25(22)30)10-5-9-27-11-13-32-14-12-27/h4,6-8,15-17,23,29H,5,9-14H2,1-3H3/t23-/m1/s1. The van der Waals surface area contributed by atoms with Gasteiger partial charge in [0.1, 0.15) is 11.5 Å². The molecule has 1 aromatic heterocycles. The maximum Gasteiger partial charge on any atom is 0.295 e. The van der Waals surface area contributed by atoms with Crippen LogP contribution in [0.1, 0.15) is 42.3 Å². The summed E-state index contributed by atoms with van der Waals surface area (Å²) in [5.74, 6) is -0.614. The molecule has 2 aromatic rings. The first kappa shape index (κ1) is 24.4. The Hall–Kier alpha value is -2.68. The first-order chi connectivity index (χ1) is 16.4. The van der Waals surface area contributed by atoms with Crippen LogP contribution in [0, 0.1) is 6.92 Å². The number of morpholine rings is 1. The van der Waals surface area contributed by atoms with Gasteiger partial charge in [-0.05, 0) is 62.4 Å². The van der Waals surface area contributed by atoms with E-state index in [1.165, 1.54) is 11.3 Å². The monoisotopic (exact) mass is 484 g/mol. The first-order valence-electron chi connectivity index (χ1n) is 11.8. The minimum atomic E-state index is -0.637. The van der Waals surface area contributed by atoms with Crippen molar-refractivity contribution in [1.29, 1.82) is 0 Å². The fourth-order valence-electron chi connectivity index (χ4n) is 4.48. The Morgan fingerprint density at radius 3 is 2.62 bits per heavy atom. The number of ether oxygens (including phenoxy) is 2. The number of rotatable bonds is 8. The van der Waals surface area contributed by atoms with Crippen LogP contribution >= 0.6 is 11.3 Å². The number of likely N-dealkylation sites (tertiary alicyclic amines) is 1. The van der Waals surface area contributed by atoms with Crippen molar-refractivity contribution in [1.82, 2.24) is 9.80 Å². The lowest BCUT2D eigenvalue weighted by molar-refractivity contribution is -0.140. The van der Waals surface area contributed by atoms with Crippen molar-refractivity contribution in [2.24, 2.45) is 0 Å². The number of carbonyl (C=O) groups excluding carboxylic acids is 2. The second-order valence-corrected chi connectivity index (χ2v) is 9.94. The van der Waals surface area contributed by atoms with Gasteiger partial charge in [0.2, 0.25) is 0 Å². The van der Waals surface area contributed by atoms with Gasteiger partial charge in [-0.1, -0.05) is 6.07 Å². The van der Waals surface area contributed by atoms with Gasteiger partial charge in [0, 0.05) is 36.6 Å². The van der Waals surface area contributed by atoms with Gasteiger partial charge in [0.05, 0.1) is 30.9 Å². The Kier molecular flexibility index (Phi) is 7.70. The van der Waals surface area contributed by atoms with Crippen molar-refractivity contribution in [3.8, 4) is 5.75 Å². The van der Waals surface area contributed by atoms with Crippen LogP contribution in [-0.4, -0.2) is 72.1 Å². The molecule has 1 aromatic carbocycles. The second kappa shape index (κ2) is 10.7. The molecule has 3 heterocycles. The van der Waals surface area contributed by atoms with E-state index in [9.17, 15) is 14.7 Å². The van der Waals surface area contributed by atoms with E-state index >= 15 is 0 Å². The molecule has 2 fully saturated rings. The molecule has 0 aliphatic carbocycles. The summed E-state index contributed by atoms with van der Waals surface area (Å²) >= 11 is 1.48. The van der Waals surface area contributed by atoms with E-state index in [2.05, 4.69) is 4.90 Å². The number of amides is 1. The summed E-state index contributed by atoms with van der Waals surface area (Å²) in [7, 11) is 0. The zero-order chi connectivity index (χ0) is 24.2. The molecule has 1 atom stereocenters. The molecule has 34 heavy (non-hydrogen) atoms. The number of Topliss-reactive ketones (excluding diaryl/α,β-unsaturated/α-hetero) is 1.